The first kappa shape index (κ1) is 21.9. The molecular weight excluding hydrogens is 409 g/mol. The molecule has 0 atom stereocenters. The zero-order valence-electron chi connectivity index (χ0n) is 16.7. The van der Waals surface area contributed by atoms with Crippen molar-refractivity contribution in [1.29, 1.82) is 0 Å². The van der Waals surface area contributed by atoms with Crippen molar-refractivity contribution in [3.8, 4) is 0 Å². The van der Waals surface area contributed by atoms with Crippen LogP contribution in [-0.2, 0) is 26.0 Å². The van der Waals surface area contributed by atoms with Crippen LogP contribution in [0.1, 0.15) is 18.4 Å². The highest BCUT2D eigenvalue weighted by molar-refractivity contribution is 7.89. The molecule has 1 saturated heterocycles. The summed E-state index contributed by atoms with van der Waals surface area (Å²) in [6.45, 7) is 1.22. The van der Waals surface area contributed by atoms with Crippen molar-refractivity contribution in [2.24, 2.45) is 0 Å². The Labute approximate surface area is 175 Å². The van der Waals surface area contributed by atoms with Crippen LogP contribution in [0.2, 0.25) is 0 Å². The number of halogens is 1. The first-order valence-corrected chi connectivity index (χ1v) is 11.1. The van der Waals surface area contributed by atoms with E-state index in [2.05, 4.69) is 5.32 Å². The van der Waals surface area contributed by atoms with Gasteiger partial charge in [-0.1, -0.05) is 12.1 Å². The number of rotatable bonds is 7. The van der Waals surface area contributed by atoms with E-state index >= 15 is 0 Å². The Balaban J connectivity index is 1.55. The number of likely N-dealkylation sites (tertiary alicyclic amines) is 1. The SMILES string of the molecule is CN(CC(=O)Nc1ccc(CC(=O)N2CCCC2)cc1)S(=O)(=O)c1ccc(F)cc1. The maximum absolute atomic E-state index is 13.0. The van der Waals surface area contributed by atoms with Crippen LogP contribution in [0.5, 0.6) is 0 Å². The standard InChI is InChI=1S/C21H24FN3O4S/c1-24(30(28,29)19-10-6-17(22)7-11-19)15-20(26)23-18-8-4-16(5-9-18)14-21(27)25-12-2-3-13-25/h4-11H,2-3,12-15H2,1H3,(H,23,26). The molecule has 1 aliphatic heterocycles. The maximum atomic E-state index is 13.0. The first-order chi connectivity index (χ1) is 14.3. The molecule has 0 aromatic heterocycles. The average molecular weight is 434 g/mol. The van der Waals surface area contributed by atoms with Crippen LogP contribution >= 0.6 is 0 Å². The molecule has 1 aliphatic rings. The molecule has 0 aliphatic carbocycles. The molecular formula is C21H24FN3O4S. The Bertz CT molecular complexity index is 1000. The molecule has 2 amide bonds. The Morgan fingerprint density at radius 3 is 2.23 bits per heavy atom. The van der Waals surface area contributed by atoms with Crippen LogP contribution in [0, 0.1) is 5.82 Å². The molecule has 160 valence electrons. The summed E-state index contributed by atoms with van der Waals surface area (Å²) < 4.78 is 38.9. The number of amides is 2. The Morgan fingerprint density at radius 2 is 1.63 bits per heavy atom. The lowest BCUT2D eigenvalue weighted by Gasteiger charge is -2.17. The van der Waals surface area contributed by atoms with Gasteiger partial charge in [0.2, 0.25) is 21.8 Å². The first-order valence-electron chi connectivity index (χ1n) is 9.64. The average Bonchev–Trinajstić information content (AvgIpc) is 3.25. The molecule has 0 spiro atoms. The number of benzene rings is 2. The van der Waals surface area contributed by atoms with Gasteiger partial charge in [0.15, 0.2) is 0 Å². The number of carbonyl (C=O) groups is 2. The van der Waals surface area contributed by atoms with Crippen molar-refractivity contribution in [3.63, 3.8) is 0 Å². The molecule has 9 heteroatoms. The van der Waals surface area contributed by atoms with Gasteiger partial charge >= 0.3 is 0 Å². The summed E-state index contributed by atoms with van der Waals surface area (Å²) >= 11 is 0. The second kappa shape index (κ2) is 9.36. The number of hydrogen-bond acceptors (Lipinski definition) is 4. The van der Waals surface area contributed by atoms with Crippen molar-refractivity contribution in [3.05, 3.63) is 59.9 Å². The highest BCUT2D eigenvalue weighted by Gasteiger charge is 2.23. The fraction of sp³-hybridized carbons (Fsp3) is 0.333. The quantitative estimate of drug-likeness (QED) is 0.726. The van der Waals surface area contributed by atoms with Crippen molar-refractivity contribution in [1.82, 2.24) is 9.21 Å². The lowest BCUT2D eigenvalue weighted by Crippen LogP contribution is -2.35. The Hall–Kier alpha value is -2.78. The van der Waals surface area contributed by atoms with Gasteiger partial charge < -0.3 is 10.2 Å². The van der Waals surface area contributed by atoms with E-state index in [1.807, 2.05) is 4.90 Å². The molecule has 0 radical (unpaired) electrons. The third-order valence-electron chi connectivity index (χ3n) is 4.94. The van der Waals surface area contributed by atoms with E-state index in [0.29, 0.717) is 12.1 Å². The minimum absolute atomic E-state index is 0.0915. The summed E-state index contributed by atoms with van der Waals surface area (Å²) in [5.41, 5.74) is 1.35. The number of carbonyl (C=O) groups excluding carboxylic acids is 2. The molecule has 1 heterocycles. The van der Waals surface area contributed by atoms with E-state index in [1.165, 1.54) is 7.05 Å². The smallest absolute Gasteiger partial charge is 0.243 e. The maximum Gasteiger partial charge on any atom is 0.243 e. The van der Waals surface area contributed by atoms with Crippen LogP contribution in [0.3, 0.4) is 0 Å². The number of nitrogens with one attached hydrogen (secondary N) is 1. The van der Waals surface area contributed by atoms with Crippen molar-refractivity contribution >= 4 is 27.5 Å². The van der Waals surface area contributed by atoms with Gasteiger partial charge in [-0.25, -0.2) is 12.8 Å². The Morgan fingerprint density at radius 1 is 1.03 bits per heavy atom. The second-order valence-corrected chi connectivity index (χ2v) is 9.27. The molecule has 1 N–H and O–H groups in total. The van der Waals surface area contributed by atoms with Gasteiger partial charge in [-0.3, -0.25) is 9.59 Å². The monoisotopic (exact) mass is 433 g/mol. The summed E-state index contributed by atoms with van der Waals surface area (Å²) in [7, 11) is -2.62. The lowest BCUT2D eigenvalue weighted by atomic mass is 10.1. The minimum atomic E-state index is -3.91. The minimum Gasteiger partial charge on any atom is -0.342 e. The summed E-state index contributed by atoms with van der Waals surface area (Å²) in [6, 6.07) is 11.3. The van der Waals surface area contributed by atoms with Crippen LogP contribution in [-0.4, -0.2) is 56.1 Å². The van der Waals surface area contributed by atoms with Crippen molar-refractivity contribution in [2.45, 2.75) is 24.2 Å². The Kier molecular flexibility index (Phi) is 6.84. The molecule has 0 bridgehead atoms. The molecule has 2 aromatic carbocycles. The van der Waals surface area contributed by atoms with E-state index < -0.39 is 28.3 Å². The van der Waals surface area contributed by atoms with E-state index in [4.69, 9.17) is 0 Å². The fourth-order valence-electron chi connectivity index (χ4n) is 3.23. The molecule has 0 saturated carbocycles. The van der Waals surface area contributed by atoms with Crippen LogP contribution in [0.4, 0.5) is 10.1 Å². The zero-order chi connectivity index (χ0) is 21.7. The topological polar surface area (TPSA) is 86.8 Å². The number of sulfonamides is 1. The predicted octanol–water partition coefficient (Wildman–Crippen LogP) is 2.25. The molecule has 30 heavy (non-hydrogen) atoms. The van der Waals surface area contributed by atoms with E-state index in [9.17, 15) is 22.4 Å². The van der Waals surface area contributed by atoms with Gasteiger partial charge in [-0.05, 0) is 54.8 Å². The summed E-state index contributed by atoms with van der Waals surface area (Å²) in [5.74, 6) is -0.957. The zero-order valence-corrected chi connectivity index (χ0v) is 17.5. The van der Waals surface area contributed by atoms with Gasteiger partial charge in [0.1, 0.15) is 5.82 Å². The highest BCUT2D eigenvalue weighted by Crippen LogP contribution is 2.16. The molecule has 0 unspecified atom stereocenters. The molecule has 7 nitrogen and oxygen atoms in total. The summed E-state index contributed by atoms with van der Waals surface area (Å²) in [5, 5.41) is 2.64. The molecule has 3 rings (SSSR count). The number of likely N-dealkylation sites (N-methyl/N-ethyl adjacent to an activating group) is 1. The van der Waals surface area contributed by atoms with Crippen LogP contribution in [0.15, 0.2) is 53.4 Å². The molecule has 1 fully saturated rings. The second-order valence-electron chi connectivity index (χ2n) is 7.22. The normalized spacial score (nSPS) is 14.2. The summed E-state index contributed by atoms with van der Waals surface area (Å²) in [4.78, 5) is 26.2. The van der Waals surface area contributed by atoms with Crippen molar-refractivity contribution in [2.75, 3.05) is 32.0 Å². The van der Waals surface area contributed by atoms with E-state index in [0.717, 1.165) is 60.1 Å². The van der Waals surface area contributed by atoms with Gasteiger partial charge in [-0.15, -0.1) is 0 Å². The third kappa shape index (κ3) is 5.43. The lowest BCUT2D eigenvalue weighted by molar-refractivity contribution is -0.129. The van der Waals surface area contributed by atoms with Crippen LogP contribution in [0.25, 0.3) is 0 Å². The van der Waals surface area contributed by atoms with Gasteiger partial charge in [0.25, 0.3) is 0 Å². The van der Waals surface area contributed by atoms with Gasteiger partial charge in [0, 0.05) is 25.8 Å². The van der Waals surface area contributed by atoms with Gasteiger partial charge in [-0.2, -0.15) is 4.31 Å². The summed E-state index contributed by atoms with van der Waals surface area (Å²) in [6.07, 6.45) is 2.40. The number of hydrogen-bond donors (Lipinski definition) is 1. The highest BCUT2D eigenvalue weighted by atomic mass is 32.2. The third-order valence-corrected chi connectivity index (χ3v) is 6.76. The number of anilines is 1. The number of nitrogens with zero attached hydrogens (tertiary/aromatic N) is 2. The predicted molar refractivity (Wildman–Crippen MR) is 111 cm³/mol. The van der Waals surface area contributed by atoms with E-state index in [1.54, 1.807) is 24.3 Å². The van der Waals surface area contributed by atoms with Crippen molar-refractivity contribution < 1.29 is 22.4 Å². The van der Waals surface area contributed by atoms with E-state index in [-0.39, 0.29) is 10.8 Å². The largest absolute Gasteiger partial charge is 0.342 e. The van der Waals surface area contributed by atoms with Crippen LogP contribution < -0.4 is 5.32 Å². The molecule has 2 aromatic rings. The van der Waals surface area contributed by atoms with Gasteiger partial charge in [0.05, 0.1) is 17.9 Å². The fourth-order valence-corrected chi connectivity index (χ4v) is 4.36.